The lowest BCUT2D eigenvalue weighted by atomic mass is 9.96. The molecule has 4 rings (SSSR count). The van der Waals surface area contributed by atoms with Gasteiger partial charge in [0.15, 0.2) is 4.80 Å². The largest absolute Gasteiger partial charge is 0.326 e. The molecule has 0 unspecified atom stereocenters. The smallest absolute Gasteiger partial charge is 0.279 e. The fourth-order valence-electron chi connectivity index (χ4n) is 4.25. The number of nitrogens with zero attached hydrogens (tertiary/aromatic N) is 3. The zero-order valence-corrected chi connectivity index (χ0v) is 21.1. The molecule has 0 radical (unpaired) electrons. The molecule has 1 aromatic heterocycles. The molecule has 2 amide bonds. The van der Waals surface area contributed by atoms with Gasteiger partial charge in [-0.2, -0.15) is 9.30 Å². The first kappa shape index (κ1) is 24.3. The summed E-state index contributed by atoms with van der Waals surface area (Å²) in [6, 6.07) is 11.5. The van der Waals surface area contributed by atoms with E-state index < -0.39 is 15.9 Å². The van der Waals surface area contributed by atoms with E-state index in [2.05, 4.69) is 10.3 Å². The molecule has 34 heavy (non-hydrogen) atoms. The van der Waals surface area contributed by atoms with Crippen LogP contribution in [-0.4, -0.2) is 42.2 Å². The quantitative estimate of drug-likeness (QED) is 0.574. The number of sulfonamides is 1. The number of nitrogens with one attached hydrogen (secondary N) is 1. The van der Waals surface area contributed by atoms with Crippen molar-refractivity contribution in [2.75, 3.05) is 12.4 Å². The second kappa shape index (κ2) is 9.81. The molecule has 0 atom stereocenters. The molecule has 8 nitrogen and oxygen atoms in total. The van der Waals surface area contributed by atoms with Crippen LogP contribution in [0, 0.1) is 0 Å². The monoisotopic (exact) mass is 500 g/mol. The molecule has 1 fully saturated rings. The Bertz CT molecular complexity index is 1400. The Balaban J connectivity index is 1.57. The average Bonchev–Trinajstić information content (AvgIpc) is 3.13. The minimum atomic E-state index is -3.62. The third-order valence-electron chi connectivity index (χ3n) is 6.19. The molecule has 0 saturated heterocycles. The van der Waals surface area contributed by atoms with Crippen LogP contribution in [0.25, 0.3) is 10.2 Å². The standard InChI is InChI=1S/C24H28N4O4S2/c1-16(29)25-18-11-14-21-22(15-18)33-24(27(21)2)26-23(30)17-9-12-20(13-10-17)34(31,32)28(3)19-7-5-4-6-8-19/h9-15,19H,4-8H2,1-3H3,(H,25,29). The number of anilines is 1. The molecule has 180 valence electrons. The highest BCUT2D eigenvalue weighted by atomic mass is 32.2. The lowest BCUT2D eigenvalue weighted by molar-refractivity contribution is -0.114. The number of aryl methyl sites for hydroxylation is 1. The molecule has 1 aliphatic rings. The maximum absolute atomic E-state index is 13.0. The number of rotatable bonds is 5. The predicted octanol–water partition coefficient (Wildman–Crippen LogP) is 3.89. The van der Waals surface area contributed by atoms with Gasteiger partial charge in [-0.25, -0.2) is 8.42 Å². The summed E-state index contributed by atoms with van der Waals surface area (Å²) in [5, 5.41) is 2.75. The first-order chi connectivity index (χ1) is 16.2. The summed E-state index contributed by atoms with van der Waals surface area (Å²) in [6.07, 6.45) is 5.00. The van der Waals surface area contributed by atoms with Gasteiger partial charge in [-0.1, -0.05) is 30.6 Å². The Hall–Kier alpha value is -2.82. The highest BCUT2D eigenvalue weighted by Gasteiger charge is 2.29. The minimum Gasteiger partial charge on any atom is -0.326 e. The van der Waals surface area contributed by atoms with Gasteiger partial charge in [0.25, 0.3) is 5.91 Å². The summed E-state index contributed by atoms with van der Waals surface area (Å²) in [6.45, 7) is 1.45. The van der Waals surface area contributed by atoms with Gasteiger partial charge in [-0.15, -0.1) is 0 Å². The highest BCUT2D eigenvalue weighted by molar-refractivity contribution is 7.89. The first-order valence-electron chi connectivity index (χ1n) is 11.2. The number of carbonyl (C=O) groups excluding carboxylic acids is 2. The number of fused-ring (bicyclic) bond motifs is 1. The summed E-state index contributed by atoms with van der Waals surface area (Å²) < 4.78 is 30.2. The van der Waals surface area contributed by atoms with E-state index >= 15 is 0 Å². The van der Waals surface area contributed by atoms with Gasteiger partial charge >= 0.3 is 0 Å². The summed E-state index contributed by atoms with van der Waals surface area (Å²) in [4.78, 5) is 29.1. The lowest BCUT2D eigenvalue weighted by Crippen LogP contribution is -2.38. The summed E-state index contributed by atoms with van der Waals surface area (Å²) in [5.74, 6) is -0.607. The third kappa shape index (κ3) is 4.98. The van der Waals surface area contributed by atoms with Crippen LogP contribution in [0.3, 0.4) is 0 Å². The molecule has 0 spiro atoms. The van der Waals surface area contributed by atoms with Crippen molar-refractivity contribution >= 4 is 49.1 Å². The van der Waals surface area contributed by atoms with Crippen LogP contribution >= 0.6 is 11.3 Å². The molecular weight excluding hydrogens is 472 g/mol. The second-order valence-electron chi connectivity index (χ2n) is 8.56. The van der Waals surface area contributed by atoms with Crippen molar-refractivity contribution in [3.63, 3.8) is 0 Å². The van der Waals surface area contributed by atoms with E-state index in [1.165, 1.54) is 46.8 Å². The number of thiazole rings is 1. The van der Waals surface area contributed by atoms with E-state index in [1.54, 1.807) is 13.1 Å². The molecule has 1 saturated carbocycles. The molecular formula is C24H28N4O4S2. The molecule has 2 aromatic carbocycles. The fraction of sp³-hybridized carbons (Fsp3) is 0.375. The third-order valence-corrected chi connectivity index (χ3v) is 9.21. The SMILES string of the molecule is CC(=O)Nc1ccc2c(c1)sc(=NC(=O)c1ccc(S(=O)(=O)N(C)C3CCCCC3)cc1)n2C. The van der Waals surface area contributed by atoms with Crippen LogP contribution in [0.4, 0.5) is 5.69 Å². The number of amides is 2. The van der Waals surface area contributed by atoms with Gasteiger partial charge in [-0.05, 0) is 55.3 Å². The number of hydrogen-bond donors (Lipinski definition) is 1. The number of aromatic nitrogens is 1. The van der Waals surface area contributed by atoms with Crippen molar-refractivity contribution in [2.45, 2.75) is 50.0 Å². The van der Waals surface area contributed by atoms with Crippen LogP contribution in [0.15, 0.2) is 52.4 Å². The second-order valence-corrected chi connectivity index (χ2v) is 11.6. The lowest BCUT2D eigenvalue weighted by Gasteiger charge is -2.30. The van der Waals surface area contributed by atoms with Crippen LogP contribution in [0.2, 0.25) is 0 Å². The van der Waals surface area contributed by atoms with Gasteiger partial charge in [0.2, 0.25) is 15.9 Å². The minimum absolute atomic E-state index is 0.0224. The number of benzene rings is 2. The average molecular weight is 501 g/mol. The van der Waals surface area contributed by atoms with E-state index in [4.69, 9.17) is 0 Å². The highest BCUT2D eigenvalue weighted by Crippen LogP contribution is 2.27. The van der Waals surface area contributed by atoms with Crippen LogP contribution in [0.1, 0.15) is 49.4 Å². The Morgan fingerprint density at radius 2 is 1.76 bits per heavy atom. The van der Waals surface area contributed by atoms with Gasteiger partial charge in [0.05, 0.1) is 15.1 Å². The van der Waals surface area contributed by atoms with Gasteiger partial charge in [-0.3, -0.25) is 9.59 Å². The molecule has 0 aliphatic heterocycles. The van der Waals surface area contributed by atoms with Crippen molar-refractivity contribution in [1.82, 2.24) is 8.87 Å². The molecule has 1 heterocycles. The zero-order valence-electron chi connectivity index (χ0n) is 19.4. The topological polar surface area (TPSA) is 101 Å². The molecule has 1 aliphatic carbocycles. The number of carbonyl (C=O) groups is 2. The van der Waals surface area contributed by atoms with Gasteiger partial charge < -0.3 is 9.88 Å². The van der Waals surface area contributed by atoms with Crippen molar-refractivity contribution in [1.29, 1.82) is 0 Å². The van der Waals surface area contributed by atoms with E-state index in [0.717, 1.165) is 42.3 Å². The van der Waals surface area contributed by atoms with Crippen LogP contribution in [-0.2, 0) is 21.9 Å². The molecule has 3 aromatic rings. The van der Waals surface area contributed by atoms with Crippen molar-refractivity contribution < 1.29 is 18.0 Å². The van der Waals surface area contributed by atoms with Crippen LogP contribution < -0.4 is 10.1 Å². The fourth-order valence-corrected chi connectivity index (χ4v) is 6.72. The molecule has 0 bridgehead atoms. The van der Waals surface area contributed by atoms with Crippen molar-refractivity contribution in [3.8, 4) is 0 Å². The Morgan fingerprint density at radius 1 is 1.09 bits per heavy atom. The summed E-state index contributed by atoms with van der Waals surface area (Å²) in [5.41, 5.74) is 1.88. The normalized spacial score (nSPS) is 15.7. The maximum Gasteiger partial charge on any atom is 0.279 e. The predicted molar refractivity (Wildman–Crippen MR) is 133 cm³/mol. The van der Waals surface area contributed by atoms with Crippen molar-refractivity contribution in [2.24, 2.45) is 12.0 Å². The Labute approximate surface area is 203 Å². The Morgan fingerprint density at radius 3 is 2.41 bits per heavy atom. The maximum atomic E-state index is 13.0. The van der Waals surface area contributed by atoms with E-state index in [0.29, 0.717) is 16.1 Å². The van der Waals surface area contributed by atoms with Crippen molar-refractivity contribution in [3.05, 3.63) is 52.8 Å². The molecule has 10 heteroatoms. The van der Waals surface area contributed by atoms with E-state index in [9.17, 15) is 18.0 Å². The van der Waals surface area contributed by atoms with E-state index in [-0.39, 0.29) is 16.8 Å². The van der Waals surface area contributed by atoms with Gasteiger partial charge in [0, 0.05) is 38.3 Å². The molecule has 1 N–H and O–H groups in total. The van der Waals surface area contributed by atoms with Crippen LogP contribution in [0.5, 0.6) is 0 Å². The van der Waals surface area contributed by atoms with Gasteiger partial charge in [0.1, 0.15) is 0 Å². The number of hydrogen-bond acceptors (Lipinski definition) is 5. The van der Waals surface area contributed by atoms with E-state index in [1.807, 2.05) is 23.7 Å². The first-order valence-corrected chi connectivity index (χ1v) is 13.5. The zero-order chi connectivity index (χ0) is 24.5. The summed E-state index contributed by atoms with van der Waals surface area (Å²) in [7, 11) is -0.161. The Kier molecular flexibility index (Phi) is 7.01. The summed E-state index contributed by atoms with van der Waals surface area (Å²) >= 11 is 1.34.